The second-order valence-electron chi connectivity index (χ2n) is 6.37. The van der Waals surface area contributed by atoms with Gasteiger partial charge in [-0.05, 0) is 55.5 Å². The standard InChI is InChI=1S/C20H21NO3/c1-14-8-9-17(12-15(14)2)21-18(22)13-24-19(23)20(10-11-20)16-6-4-3-5-7-16/h3-9,12H,10-11,13H2,1-2H3,(H,21,22). The highest BCUT2D eigenvalue weighted by atomic mass is 16.5. The molecule has 0 aromatic heterocycles. The van der Waals surface area contributed by atoms with Gasteiger partial charge in [0, 0.05) is 5.69 Å². The lowest BCUT2D eigenvalue weighted by Crippen LogP contribution is -2.28. The lowest BCUT2D eigenvalue weighted by atomic mass is 9.96. The minimum absolute atomic E-state index is 0.264. The zero-order chi connectivity index (χ0) is 17.2. The molecule has 24 heavy (non-hydrogen) atoms. The molecule has 2 aromatic carbocycles. The van der Waals surface area contributed by atoms with Gasteiger partial charge in [-0.3, -0.25) is 9.59 Å². The summed E-state index contributed by atoms with van der Waals surface area (Å²) >= 11 is 0. The van der Waals surface area contributed by atoms with Crippen molar-refractivity contribution in [2.45, 2.75) is 32.1 Å². The summed E-state index contributed by atoms with van der Waals surface area (Å²) in [6.45, 7) is 3.74. The van der Waals surface area contributed by atoms with Crippen LogP contribution in [0.5, 0.6) is 0 Å². The van der Waals surface area contributed by atoms with Gasteiger partial charge in [-0.2, -0.15) is 0 Å². The van der Waals surface area contributed by atoms with E-state index in [4.69, 9.17) is 4.74 Å². The van der Waals surface area contributed by atoms with Crippen molar-refractivity contribution in [1.82, 2.24) is 0 Å². The molecule has 1 N–H and O–H groups in total. The maximum Gasteiger partial charge on any atom is 0.317 e. The second kappa shape index (κ2) is 6.48. The van der Waals surface area contributed by atoms with E-state index in [0.29, 0.717) is 5.69 Å². The Balaban J connectivity index is 1.56. The Morgan fingerprint density at radius 1 is 1.04 bits per heavy atom. The molecule has 1 fully saturated rings. The van der Waals surface area contributed by atoms with Crippen molar-refractivity contribution in [3.05, 3.63) is 65.2 Å². The van der Waals surface area contributed by atoms with Gasteiger partial charge in [0.1, 0.15) is 0 Å². The highest BCUT2D eigenvalue weighted by Gasteiger charge is 2.52. The molecule has 1 saturated carbocycles. The Labute approximate surface area is 141 Å². The molecular weight excluding hydrogens is 302 g/mol. The van der Waals surface area contributed by atoms with E-state index in [-0.39, 0.29) is 18.5 Å². The Kier molecular flexibility index (Phi) is 4.38. The SMILES string of the molecule is Cc1ccc(NC(=O)COC(=O)C2(c3ccccc3)CC2)cc1C. The van der Waals surface area contributed by atoms with Crippen molar-refractivity contribution < 1.29 is 14.3 Å². The zero-order valence-corrected chi connectivity index (χ0v) is 14.0. The third-order valence-electron chi connectivity index (χ3n) is 4.59. The molecule has 1 aliphatic rings. The first kappa shape index (κ1) is 16.2. The predicted molar refractivity (Wildman–Crippen MR) is 92.9 cm³/mol. The molecule has 0 radical (unpaired) electrons. The van der Waals surface area contributed by atoms with Crippen LogP contribution in [0.1, 0.15) is 29.5 Å². The summed E-state index contributed by atoms with van der Waals surface area (Å²) in [6, 6.07) is 15.3. The van der Waals surface area contributed by atoms with Gasteiger partial charge in [0.2, 0.25) is 0 Å². The van der Waals surface area contributed by atoms with E-state index < -0.39 is 5.41 Å². The van der Waals surface area contributed by atoms with E-state index in [1.807, 2.05) is 62.4 Å². The van der Waals surface area contributed by atoms with E-state index in [9.17, 15) is 9.59 Å². The summed E-state index contributed by atoms with van der Waals surface area (Å²) in [5.74, 6) is -0.639. The van der Waals surface area contributed by atoms with Crippen molar-refractivity contribution >= 4 is 17.6 Å². The molecule has 1 amide bonds. The lowest BCUT2D eigenvalue weighted by molar-refractivity contribution is -0.150. The van der Waals surface area contributed by atoms with Crippen molar-refractivity contribution in [1.29, 1.82) is 0 Å². The largest absolute Gasteiger partial charge is 0.455 e. The fourth-order valence-electron chi connectivity index (χ4n) is 2.78. The summed E-state index contributed by atoms with van der Waals surface area (Å²) < 4.78 is 5.26. The average molecular weight is 323 g/mol. The maximum atomic E-state index is 12.4. The van der Waals surface area contributed by atoms with Gasteiger partial charge in [0.15, 0.2) is 6.61 Å². The molecule has 0 saturated heterocycles. The average Bonchev–Trinajstić information content (AvgIpc) is 3.39. The lowest BCUT2D eigenvalue weighted by Gasteiger charge is -2.15. The summed E-state index contributed by atoms with van der Waals surface area (Å²) in [5, 5.41) is 2.76. The van der Waals surface area contributed by atoms with Crippen LogP contribution in [0.4, 0.5) is 5.69 Å². The molecule has 4 nitrogen and oxygen atoms in total. The van der Waals surface area contributed by atoms with E-state index in [1.54, 1.807) is 0 Å². The summed E-state index contributed by atoms with van der Waals surface area (Å²) in [6.07, 6.45) is 1.54. The van der Waals surface area contributed by atoms with E-state index in [2.05, 4.69) is 5.32 Å². The Morgan fingerprint density at radius 3 is 2.38 bits per heavy atom. The zero-order valence-electron chi connectivity index (χ0n) is 14.0. The Morgan fingerprint density at radius 2 is 1.75 bits per heavy atom. The van der Waals surface area contributed by atoms with Crippen LogP contribution in [0.3, 0.4) is 0 Å². The molecular formula is C20H21NO3. The van der Waals surface area contributed by atoms with Crippen LogP contribution in [-0.4, -0.2) is 18.5 Å². The number of benzene rings is 2. The predicted octanol–water partition coefficient (Wildman–Crippen LogP) is 3.52. The van der Waals surface area contributed by atoms with E-state index in [1.165, 1.54) is 0 Å². The molecule has 3 rings (SSSR count). The van der Waals surface area contributed by atoms with Gasteiger partial charge in [0.05, 0.1) is 5.41 Å². The summed E-state index contributed by atoms with van der Waals surface area (Å²) in [5.41, 5.74) is 3.39. The molecule has 0 spiro atoms. The number of rotatable bonds is 5. The first-order chi connectivity index (χ1) is 11.5. The van der Waals surface area contributed by atoms with Crippen LogP contribution in [0.25, 0.3) is 0 Å². The monoisotopic (exact) mass is 323 g/mol. The molecule has 0 heterocycles. The van der Waals surface area contributed by atoms with Crippen LogP contribution in [0, 0.1) is 13.8 Å². The molecule has 0 atom stereocenters. The first-order valence-electron chi connectivity index (χ1n) is 8.11. The van der Waals surface area contributed by atoms with Crippen LogP contribution in [0.15, 0.2) is 48.5 Å². The van der Waals surface area contributed by atoms with Crippen LogP contribution in [-0.2, 0) is 19.7 Å². The van der Waals surface area contributed by atoms with E-state index >= 15 is 0 Å². The maximum absolute atomic E-state index is 12.4. The highest BCUT2D eigenvalue weighted by Crippen LogP contribution is 2.49. The van der Waals surface area contributed by atoms with Crippen molar-refractivity contribution in [3.63, 3.8) is 0 Å². The third-order valence-corrected chi connectivity index (χ3v) is 4.59. The highest BCUT2D eigenvalue weighted by molar-refractivity contribution is 5.94. The normalized spacial score (nSPS) is 14.8. The minimum Gasteiger partial charge on any atom is -0.455 e. The van der Waals surface area contributed by atoms with E-state index in [0.717, 1.165) is 29.5 Å². The van der Waals surface area contributed by atoms with Gasteiger partial charge >= 0.3 is 5.97 Å². The smallest absolute Gasteiger partial charge is 0.317 e. The number of carbonyl (C=O) groups excluding carboxylic acids is 2. The van der Waals surface area contributed by atoms with Gasteiger partial charge in [-0.15, -0.1) is 0 Å². The topological polar surface area (TPSA) is 55.4 Å². The number of nitrogens with one attached hydrogen (secondary N) is 1. The number of hydrogen-bond acceptors (Lipinski definition) is 3. The molecule has 0 aliphatic heterocycles. The number of carbonyl (C=O) groups is 2. The van der Waals surface area contributed by atoms with Crippen molar-refractivity contribution in [2.24, 2.45) is 0 Å². The van der Waals surface area contributed by atoms with Crippen LogP contribution in [0.2, 0.25) is 0 Å². The number of amides is 1. The van der Waals surface area contributed by atoms with Crippen molar-refractivity contribution in [2.75, 3.05) is 11.9 Å². The summed E-state index contributed by atoms with van der Waals surface area (Å²) in [4.78, 5) is 24.4. The fourth-order valence-corrected chi connectivity index (χ4v) is 2.78. The van der Waals surface area contributed by atoms with Gasteiger partial charge in [-0.25, -0.2) is 0 Å². The minimum atomic E-state index is -0.554. The van der Waals surface area contributed by atoms with Crippen LogP contribution >= 0.6 is 0 Å². The number of anilines is 1. The number of hydrogen-bond donors (Lipinski definition) is 1. The Bertz CT molecular complexity index is 764. The van der Waals surface area contributed by atoms with Crippen LogP contribution < -0.4 is 5.32 Å². The molecule has 0 bridgehead atoms. The van der Waals surface area contributed by atoms with Gasteiger partial charge in [0.25, 0.3) is 5.91 Å². The quantitative estimate of drug-likeness (QED) is 0.857. The Hall–Kier alpha value is -2.62. The molecule has 124 valence electrons. The molecule has 4 heteroatoms. The molecule has 2 aromatic rings. The van der Waals surface area contributed by atoms with Gasteiger partial charge in [-0.1, -0.05) is 36.4 Å². The van der Waals surface area contributed by atoms with Crippen molar-refractivity contribution in [3.8, 4) is 0 Å². The van der Waals surface area contributed by atoms with Gasteiger partial charge < -0.3 is 10.1 Å². The number of aryl methyl sites for hydroxylation is 2. The third kappa shape index (κ3) is 3.32. The number of ether oxygens (including phenoxy) is 1. The molecule has 0 unspecified atom stereocenters. The molecule has 1 aliphatic carbocycles. The summed E-state index contributed by atoms with van der Waals surface area (Å²) in [7, 11) is 0. The number of esters is 1. The first-order valence-corrected chi connectivity index (χ1v) is 8.11. The second-order valence-corrected chi connectivity index (χ2v) is 6.37. The fraction of sp³-hybridized carbons (Fsp3) is 0.300.